The minimum absolute atomic E-state index is 0.0219. The quantitative estimate of drug-likeness (QED) is 0.794. The number of benzene rings is 2. The van der Waals surface area contributed by atoms with E-state index in [4.69, 9.17) is 10.5 Å². The van der Waals surface area contributed by atoms with Crippen molar-refractivity contribution in [3.63, 3.8) is 0 Å². The topological polar surface area (TPSA) is 35.2 Å². The lowest BCUT2D eigenvalue weighted by atomic mass is 9.97. The molecule has 2 nitrogen and oxygen atoms in total. The minimum Gasteiger partial charge on any atom is -0.484 e. The summed E-state index contributed by atoms with van der Waals surface area (Å²) >= 11 is 1.73. The Morgan fingerprint density at radius 1 is 1.10 bits per heavy atom. The van der Waals surface area contributed by atoms with Crippen LogP contribution >= 0.6 is 11.8 Å². The van der Waals surface area contributed by atoms with Crippen molar-refractivity contribution in [3.8, 4) is 5.75 Å². The number of hydrogen-bond donors (Lipinski definition) is 1. The van der Waals surface area contributed by atoms with Gasteiger partial charge in [0.25, 0.3) is 0 Å². The van der Waals surface area contributed by atoms with Crippen molar-refractivity contribution in [3.05, 3.63) is 59.7 Å². The van der Waals surface area contributed by atoms with E-state index in [0.717, 1.165) is 12.2 Å². The molecule has 0 amide bonds. The van der Waals surface area contributed by atoms with Gasteiger partial charge in [-0.25, -0.2) is 0 Å². The molecule has 2 rings (SSSR count). The summed E-state index contributed by atoms with van der Waals surface area (Å²) in [5.74, 6) is 0.866. The summed E-state index contributed by atoms with van der Waals surface area (Å²) in [6.07, 6.45) is 2.83. The van der Waals surface area contributed by atoms with Crippen LogP contribution in [0.4, 0.5) is 0 Å². The Kier molecular flexibility index (Phi) is 5.71. The normalized spacial score (nSPS) is 13.7. The molecule has 0 aliphatic heterocycles. The summed E-state index contributed by atoms with van der Waals surface area (Å²) in [4.78, 5) is 1.23. The lowest BCUT2D eigenvalue weighted by Gasteiger charge is -2.26. The van der Waals surface area contributed by atoms with Crippen LogP contribution in [0.5, 0.6) is 5.75 Å². The Hall–Kier alpha value is -1.45. The van der Waals surface area contributed by atoms with E-state index in [9.17, 15) is 0 Å². The van der Waals surface area contributed by atoms with Gasteiger partial charge in [-0.1, -0.05) is 31.2 Å². The Morgan fingerprint density at radius 3 is 2.33 bits per heavy atom. The van der Waals surface area contributed by atoms with Crippen molar-refractivity contribution >= 4 is 11.8 Å². The molecule has 0 bridgehead atoms. The van der Waals surface area contributed by atoms with Crippen molar-refractivity contribution in [2.75, 3.05) is 6.26 Å². The van der Waals surface area contributed by atoms with Gasteiger partial charge in [-0.05, 0) is 55.0 Å². The zero-order chi connectivity index (χ0) is 15.2. The molecule has 2 aromatic carbocycles. The molecule has 3 heteroatoms. The molecule has 0 aliphatic rings. The van der Waals surface area contributed by atoms with E-state index in [1.54, 1.807) is 11.8 Å². The molecule has 0 fully saturated rings. The van der Waals surface area contributed by atoms with E-state index in [1.165, 1.54) is 16.0 Å². The summed E-state index contributed by atoms with van der Waals surface area (Å²) in [6, 6.07) is 16.4. The smallest absolute Gasteiger partial charge is 0.139 e. The maximum Gasteiger partial charge on any atom is 0.139 e. The SMILES string of the molecule is CCC(N)C(Oc1ccc(SC)cc1)c1ccccc1C. The molecule has 0 aromatic heterocycles. The average molecular weight is 301 g/mol. The van der Waals surface area contributed by atoms with E-state index >= 15 is 0 Å². The molecule has 0 heterocycles. The summed E-state index contributed by atoms with van der Waals surface area (Å²) in [6.45, 7) is 4.20. The second-order valence-corrected chi connectivity index (χ2v) is 6.02. The molecule has 2 atom stereocenters. The predicted molar refractivity (Wildman–Crippen MR) is 91.0 cm³/mol. The number of rotatable bonds is 6. The van der Waals surface area contributed by atoms with Gasteiger partial charge >= 0.3 is 0 Å². The van der Waals surface area contributed by atoms with Gasteiger partial charge in [-0.15, -0.1) is 11.8 Å². The number of thioether (sulfide) groups is 1. The fraction of sp³-hybridized carbons (Fsp3) is 0.333. The monoisotopic (exact) mass is 301 g/mol. The Balaban J connectivity index is 2.26. The van der Waals surface area contributed by atoms with E-state index in [0.29, 0.717) is 0 Å². The van der Waals surface area contributed by atoms with Crippen LogP contribution in [0.1, 0.15) is 30.6 Å². The van der Waals surface area contributed by atoms with Crippen LogP contribution in [0.15, 0.2) is 53.4 Å². The molecule has 0 saturated carbocycles. The van der Waals surface area contributed by atoms with Crippen molar-refractivity contribution in [1.29, 1.82) is 0 Å². The van der Waals surface area contributed by atoms with Gasteiger partial charge in [0.2, 0.25) is 0 Å². The number of aryl methyl sites for hydroxylation is 1. The van der Waals surface area contributed by atoms with Gasteiger partial charge in [-0.2, -0.15) is 0 Å². The molecule has 21 heavy (non-hydrogen) atoms. The number of hydrogen-bond acceptors (Lipinski definition) is 3. The highest BCUT2D eigenvalue weighted by Crippen LogP contribution is 2.28. The largest absolute Gasteiger partial charge is 0.484 e. The molecule has 112 valence electrons. The van der Waals surface area contributed by atoms with E-state index in [2.05, 4.69) is 44.4 Å². The van der Waals surface area contributed by atoms with Crippen molar-refractivity contribution in [2.24, 2.45) is 5.73 Å². The molecule has 0 saturated heterocycles. The third-order valence-electron chi connectivity index (χ3n) is 3.68. The van der Waals surface area contributed by atoms with Gasteiger partial charge in [-0.3, -0.25) is 0 Å². The highest BCUT2D eigenvalue weighted by molar-refractivity contribution is 7.98. The van der Waals surface area contributed by atoms with E-state index in [1.807, 2.05) is 24.3 Å². The van der Waals surface area contributed by atoms with Crippen LogP contribution in [0.2, 0.25) is 0 Å². The first-order valence-electron chi connectivity index (χ1n) is 7.27. The van der Waals surface area contributed by atoms with Gasteiger partial charge in [0, 0.05) is 10.9 Å². The Morgan fingerprint density at radius 2 is 1.76 bits per heavy atom. The Labute approximate surface area is 131 Å². The highest BCUT2D eigenvalue weighted by atomic mass is 32.2. The number of ether oxygens (including phenoxy) is 1. The molecular weight excluding hydrogens is 278 g/mol. The maximum atomic E-state index is 6.29. The van der Waals surface area contributed by atoms with Crippen LogP contribution in [0.3, 0.4) is 0 Å². The molecule has 2 unspecified atom stereocenters. The average Bonchev–Trinajstić information content (AvgIpc) is 2.53. The maximum absolute atomic E-state index is 6.29. The molecule has 0 radical (unpaired) electrons. The third kappa shape index (κ3) is 4.02. The zero-order valence-electron chi connectivity index (χ0n) is 12.9. The van der Waals surface area contributed by atoms with E-state index < -0.39 is 0 Å². The molecule has 0 aliphatic carbocycles. The van der Waals surface area contributed by atoms with Gasteiger partial charge in [0.1, 0.15) is 11.9 Å². The summed E-state index contributed by atoms with van der Waals surface area (Å²) in [5.41, 5.74) is 8.68. The van der Waals surface area contributed by atoms with Crippen LogP contribution < -0.4 is 10.5 Å². The van der Waals surface area contributed by atoms with Crippen LogP contribution in [0, 0.1) is 6.92 Å². The van der Waals surface area contributed by atoms with Gasteiger partial charge in [0.05, 0.1) is 0 Å². The zero-order valence-corrected chi connectivity index (χ0v) is 13.7. The molecule has 2 N–H and O–H groups in total. The predicted octanol–water partition coefficient (Wildman–Crippen LogP) is 4.57. The first-order chi connectivity index (χ1) is 10.2. The summed E-state index contributed by atoms with van der Waals surface area (Å²) in [7, 11) is 0. The molecule has 0 spiro atoms. The second-order valence-electron chi connectivity index (χ2n) is 5.14. The van der Waals surface area contributed by atoms with Crippen LogP contribution in [0.25, 0.3) is 0 Å². The highest BCUT2D eigenvalue weighted by Gasteiger charge is 2.22. The summed E-state index contributed by atoms with van der Waals surface area (Å²) < 4.78 is 6.20. The third-order valence-corrected chi connectivity index (χ3v) is 4.42. The van der Waals surface area contributed by atoms with Crippen LogP contribution in [-0.4, -0.2) is 12.3 Å². The first-order valence-corrected chi connectivity index (χ1v) is 8.50. The molecule has 2 aromatic rings. The van der Waals surface area contributed by atoms with Crippen molar-refractivity contribution in [2.45, 2.75) is 37.3 Å². The van der Waals surface area contributed by atoms with Gasteiger partial charge < -0.3 is 10.5 Å². The summed E-state index contributed by atoms with van der Waals surface area (Å²) in [5, 5.41) is 0. The van der Waals surface area contributed by atoms with Crippen LogP contribution in [-0.2, 0) is 0 Å². The van der Waals surface area contributed by atoms with E-state index in [-0.39, 0.29) is 12.1 Å². The lowest BCUT2D eigenvalue weighted by Crippen LogP contribution is -2.32. The fourth-order valence-electron chi connectivity index (χ4n) is 2.30. The second kappa shape index (κ2) is 7.53. The Bertz CT molecular complexity index is 568. The first kappa shape index (κ1) is 15.9. The fourth-order valence-corrected chi connectivity index (χ4v) is 2.71. The molecular formula is C18H23NOS. The lowest BCUT2D eigenvalue weighted by molar-refractivity contribution is 0.170. The number of nitrogens with two attached hydrogens (primary N) is 1. The van der Waals surface area contributed by atoms with Gasteiger partial charge in [0.15, 0.2) is 0 Å². The van der Waals surface area contributed by atoms with Crippen molar-refractivity contribution in [1.82, 2.24) is 0 Å². The minimum atomic E-state index is -0.115. The van der Waals surface area contributed by atoms with Crippen molar-refractivity contribution < 1.29 is 4.74 Å². The standard InChI is InChI=1S/C18H23NOS/c1-4-17(19)18(16-8-6-5-7-13(16)2)20-14-9-11-15(21-3)12-10-14/h5-12,17-18H,4,19H2,1-3H3.